The Balaban J connectivity index is 2.22. The van der Waals surface area contributed by atoms with Crippen molar-refractivity contribution in [2.75, 3.05) is 11.9 Å². The van der Waals surface area contributed by atoms with E-state index in [2.05, 4.69) is 20.0 Å². The number of rotatable bonds is 7. The minimum Gasteiger partial charge on any atom is -0.295 e. The predicted molar refractivity (Wildman–Crippen MR) is 81.2 cm³/mol. The van der Waals surface area contributed by atoms with Gasteiger partial charge in [0.15, 0.2) is 0 Å². The molecule has 0 saturated carbocycles. The number of amides is 1. The van der Waals surface area contributed by atoms with Crippen molar-refractivity contribution >= 4 is 21.9 Å². The van der Waals surface area contributed by atoms with Gasteiger partial charge in [0.25, 0.3) is 0 Å². The quantitative estimate of drug-likeness (QED) is 0.739. The zero-order chi connectivity index (χ0) is 15.9. The highest BCUT2D eigenvalue weighted by molar-refractivity contribution is 7.90. The van der Waals surface area contributed by atoms with Crippen molar-refractivity contribution in [3.8, 4) is 0 Å². The monoisotopic (exact) mass is 314 g/mol. The topological polar surface area (TPSA) is 101 Å². The molecule has 2 N–H and O–H groups in total. The van der Waals surface area contributed by atoms with Gasteiger partial charge in [-0.25, -0.2) is 23.1 Å². The molecule has 118 valence electrons. The van der Waals surface area contributed by atoms with Crippen LogP contribution in [0, 0.1) is 0 Å². The summed E-state index contributed by atoms with van der Waals surface area (Å²) in [4.78, 5) is 19.4. The van der Waals surface area contributed by atoms with E-state index in [1.165, 1.54) is 0 Å². The molecular weight excluding hydrogens is 292 g/mol. The van der Waals surface area contributed by atoms with Crippen LogP contribution in [0.2, 0.25) is 0 Å². The van der Waals surface area contributed by atoms with Gasteiger partial charge in [-0.05, 0) is 39.7 Å². The lowest BCUT2D eigenvalue weighted by Gasteiger charge is -2.19. The van der Waals surface area contributed by atoms with E-state index in [1.807, 2.05) is 0 Å². The summed E-state index contributed by atoms with van der Waals surface area (Å²) in [6.07, 6.45) is 4.58. The number of hydrogen-bond donors (Lipinski definition) is 2. The average Bonchev–Trinajstić information content (AvgIpc) is 2.38. The molecular formula is C13H22N4O3S. The summed E-state index contributed by atoms with van der Waals surface area (Å²) in [5.74, 6) is 0.0933. The zero-order valence-electron chi connectivity index (χ0n) is 12.6. The van der Waals surface area contributed by atoms with E-state index in [1.54, 1.807) is 39.2 Å². The molecule has 1 aromatic heterocycles. The SMILES string of the molecule is CC(C)(C)S(=O)(=O)NCCCCC(=O)Nc1ncccn1. The smallest absolute Gasteiger partial charge is 0.229 e. The molecule has 0 bridgehead atoms. The first-order chi connectivity index (χ1) is 9.72. The van der Waals surface area contributed by atoms with Crippen LogP contribution < -0.4 is 10.0 Å². The second kappa shape index (κ2) is 7.46. The van der Waals surface area contributed by atoms with Crippen LogP contribution >= 0.6 is 0 Å². The maximum Gasteiger partial charge on any atom is 0.229 e. The molecule has 0 spiro atoms. The number of anilines is 1. The minimum atomic E-state index is -3.32. The summed E-state index contributed by atoms with van der Waals surface area (Å²) in [5, 5.41) is 2.57. The Labute approximate surface area is 125 Å². The number of unbranched alkanes of at least 4 members (excludes halogenated alkanes) is 1. The number of hydrogen-bond acceptors (Lipinski definition) is 5. The standard InChI is InChI=1S/C13H22N4O3S/c1-13(2,3)21(19,20)16-10-5-4-7-11(18)17-12-14-8-6-9-15-12/h6,8-9,16H,4-5,7,10H2,1-3H3,(H,14,15,17,18). The van der Waals surface area contributed by atoms with Gasteiger partial charge in [0.1, 0.15) is 0 Å². The Bertz CT molecular complexity index is 553. The highest BCUT2D eigenvalue weighted by Crippen LogP contribution is 2.12. The Morgan fingerprint density at radius 2 is 1.81 bits per heavy atom. The molecule has 0 aromatic carbocycles. The van der Waals surface area contributed by atoms with Crippen molar-refractivity contribution in [1.82, 2.24) is 14.7 Å². The van der Waals surface area contributed by atoms with Gasteiger partial charge in [0.05, 0.1) is 4.75 Å². The number of sulfonamides is 1. The van der Waals surface area contributed by atoms with Gasteiger partial charge in [-0.2, -0.15) is 0 Å². The number of aromatic nitrogens is 2. The van der Waals surface area contributed by atoms with Gasteiger partial charge in [-0.1, -0.05) is 0 Å². The van der Waals surface area contributed by atoms with Crippen molar-refractivity contribution in [1.29, 1.82) is 0 Å². The van der Waals surface area contributed by atoms with Crippen molar-refractivity contribution in [2.45, 2.75) is 44.8 Å². The largest absolute Gasteiger partial charge is 0.295 e. The molecule has 8 heteroatoms. The lowest BCUT2D eigenvalue weighted by molar-refractivity contribution is -0.116. The van der Waals surface area contributed by atoms with E-state index in [9.17, 15) is 13.2 Å². The van der Waals surface area contributed by atoms with Gasteiger partial charge in [0, 0.05) is 25.4 Å². The Kier molecular flexibility index (Phi) is 6.22. The molecule has 1 aromatic rings. The minimum absolute atomic E-state index is 0.181. The van der Waals surface area contributed by atoms with E-state index in [-0.39, 0.29) is 11.9 Å². The Hall–Kier alpha value is -1.54. The molecule has 1 rings (SSSR count). The predicted octanol–water partition coefficient (Wildman–Crippen LogP) is 1.30. The number of carbonyl (C=O) groups is 1. The molecule has 0 radical (unpaired) electrons. The normalized spacial score (nSPS) is 12.1. The highest BCUT2D eigenvalue weighted by atomic mass is 32.2. The van der Waals surface area contributed by atoms with Crippen LogP contribution in [0.1, 0.15) is 40.0 Å². The summed E-state index contributed by atoms with van der Waals surface area (Å²) < 4.78 is 25.3. The van der Waals surface area contributed by atoms with E-state index in [0.29, 0.717) is 25.8 Å². The van der Waals surface area contributed by atoms with Crippen LogP contribution in [0.15, 0.2) is 18.5 Å². The van der Waals surface area contributed by atoms with Crippen molar-refractivity contribution in [3.05, 3.63) is 18.5 Å². The Morgan fingerprint density at radius 1 is 1.19 bits per heavy atom. The third-order valence-corrected chi connectivity index (χ3v) is 4.94. The van der Waals surface area contributed by atoms with Crippen LogP contribution in [0.3, 0.4) is 0 Å². The summed E-state index contributed by atoms with van der Waals surface area (Å²) in [5.41, 5.74) is 0. The van der Waals surface area contributed by atoms with Gasteiger partial charge >= 0.3 is 0 Å². The van der Waals surface area contributed by atoms with Crippen LogP contribution in [0.4, 0.5) is 5.95 Å². The first kappa shape index (κ1) is 17.5. The van der Waals surface area contributed by atoms with Crippen LogP contribution in [0.5, 0.6) is 0 Å². The van der Waals surface area contributed by atoms with Gasteiger partial charge in [0.2, 0.25) is 21.9 Å². The number of nitrogens with one attached hydrogen (secondary N) is 2. The van der Waals surface area contributed by atoms with Gasteiger partial charge in [-0.3, -0.25) is 10.1 Å². The molecule has 21 heavy (non-hydrogen) atoms. The lowest BCUT2D eigenvalue weighted by atomic mass is 10.2. The van der Waals surface area contributed by atoms with Gasteiger partial charge < -0.3 is 0 Å². The van der Waals surface area contributed by atoms with Crippen molar-refractivity contribution in [2.24, 2.45) is 0 Å². The summed E-state index contributed by atoms with van der Waals surface area (Å²) in [6.45, 7) is 5.25. The van der Waals surface area contributed by atoms with Crippen LogP contribution in [0.25, 0.3) is 0 Å². The van der Waals surface area contributed by atoms with Crippen molar-refractivity contribution in [3.63, 3.8) is 0 Å². The number of carbonyl (C=O) groups excluding carboxylic acids is 1. The highest BCUT2D eigenvalue weighted by Gasteiger charge is 2.27. The fraction of sp³-hybridized carbons (Fsp3) is 0.615. The molecule has 0 atom stereocenters. The van der Waals surface area contributed by atoms with Gasteiger partial charge in [-0.15, -0.1) is 0 Å². The average molecular weight is 314 g/mol. The molecule has 0 saturated heterocycles. The maximum atomic E-state index is 11.8. The molecule has 1 heterocycles. The Morgan fingerprint density at radius 3 is 2.38 bits per heavy atom. The maximum absolute atomic E-state index is 11.8. The molecule has 0 unspecified atom stereocenters. The molecule has 7 nitrogen and oxygen atoms in total. The molecule has 0 aliphatic heterocycles. The lowest BCUT2D eigenvalue weighted by Crippen LogP contribution is -2.39. The fourth-order valence-electron chi connectivity index (χ4n) is 1.38. The second-order valence-corrected chi connectivity index (χ2v) is 8.11. The molecule has 0 aliphatic rings. The first-order valence-corrected chi connectivity index (χ1v) is 8.27. The van der Waals surface area contributed by atoms with Crippen molar-refractivity contribution < 1.29 is 13.2 Å². The van der Waals surface area contributed by atoms with E-state index in [0.717, 1.165) is 0 Å². The molecule has 1 amide bonds. The zero-order valence-corrected chi connectivity index (χ0v) is 13.4. The fourth-order valence-corrected chi connectivity index (χ4v) is 2.23. The van der Waals surface area contributed by atoms with E-state index < -0.39 is 14.8 Å². The van der Waals surface area contributed by atoms with Crippen LogP contribution in [-0.4, -0.2) is 35.6 Å². The van der Waals surface area contributed by atoms with E-state index >= 15 is 0 Å². The van der Waals surface area contributed by atoms with E-state index in [4.69, 9.17) is 0 Å². The summed E-state index contributed by atoms with van der Waals surface area (Å²) >= 11 is 0. The number of nitrogens with zero attached hydrogens (tertiary/aromatic N) is 2. The second-order valence-electron chi connectivity index (χ2n) is 5.59. The van der Waals surface area contributed by atoms with Crippen LogP contribution in [-0.2, 0) is 14.8 Å². The first-order valence-electron chi connectivity index (χ1n) is 6.78. The third kappa shape index (κ3) is 6.17. The summed E-state index contributed by atoms with van der Waals surface area (Å²) in [7, 11) is -3.32. The molecule has 0 fully saturated rings. The molecule has 0 aliphatic carbocycles. The third-order valence-electron chi connectivity index (χ3n) is 2.75. The summed E-state index contributed by atoms with van der Waals surface area (Å²) in [6, 6.07) is 1.66.